The predicted octanol–water partition coefficient (Wildman–Crippen LogP) is 4.61. The van der Waals surface area contributed by atoms with Gasteiger partial charge in [0.25, 0.3) is 0 Å². The minimum absolute atomic E-state index is 0.306. The van der Waals surface area contributed by atoms with Gasteiger partial charge in [-0.25, -0.2) is 0 Å². The summed E-state index contributed by atoms with van der Waals surface area (Å²) in [6.45, 7) is 6.06. The number of methoxy groups -OCH3 is 1. The lowest BCUT2D eigenvalue weighted by Gasteiger charge is -2.47. The van der Waals surface area contributed by atoms with E-state index in [9.17, 15) is 4.79 Å². The maximum Gasteiger partial charge on any atom is 0.223 e. The molecule has 2 heterocycles. The molecular formula is C26H32N2O2. The van der Waals surface area contributed by atoms with Gasteiger partial charge in [-0.1, -0.05) is 54.1 Å². The lowest BCUT2D eigenvalue weighted by atomic mass is 9.83. The van der Waals surface area contributed by atoms with E-state index in [0.717, 1.165) is 38.2 Å². The fraction of sp³-hybridized carbons (Fsp3) is 0.423. The smallest absolute Gasteiger partial charge is 0.223 e. The molecule has 0 spiro atoms. The summed E-state index contributed by atoms with van der Waals surface area (Å²) in [5, 5.41) is 0. The predicted molar refractivity (Wildman–Crippen MR) is 121 cm³/mol. The Hall–Kier alpha value is -2.59. The quantitative estimate of drug-likeness (QED) is 0.705. The SMILES string of the molecule is COc1ccc(CN2C(=O)CC[C@H]3CN(C/C(C)=C/c4ccccc4)CC[C@H]32)cc1. The van der Waals surface area contributed by atoms with Gasteiger partial charge in [-0.15, -0.1) is 0 Å². The molecule has 0 radical (unpaired) electrons. The number of carbonyl (C=O) groups excluding carboxylic acids is 1. The zero-order chi connectivity index (χ0) is 20.9. The number of hydrogen-bond acceptors (Lipinski definition) is 3. The molecular weight excluding hydrogens is 372 g/mol. The molecule has 1 amide bonds. The van der Waals surface area contributed by atoms with Gasteiger partial charge in [0.2, 0.25) is 5.91 Å². The molecule has 0 bridgehead atoms. The van der Waals surface area contributed by atoms with Gasteiger partial charge >= 0.3 is 0 Å². The first-order valence-corrected chi connectivity index (χ1v) is 11.0. The Labute approximate surface area is 180 Å². The minimum Gasteiger partial charge on any atom is -0.497 e. The molecule has 30 heavy (non-hydrogen) atoms. The summed E-state index contributed by atoms with van der Waals surface area (Å²) in [4.78, 5) is 17.4. The topological polar surface area (TPSA) is 32.8 Å². The van der Waals surface area contributed by atoms with Crippen LogP contribution in [0.4, 0.5) is 0 Å². The molecule has 2 saturated heterocycles. The largest absolute Gasteiger partial charge is 0.497 e. The Morgan fingerprint density at radius 2 is 1.87 bits per heavy atom. The highest BCUT2D eigenvalue weighted by atomic mass is 16.5. The van der Waals surface area contributed by atoms with Gasteiger partial charge in [0.15, 0.2) is 0 Å². The Kier molecular flexibility index (Phi) is 6.53. The van der Waals surface area contributed by atoms with Crippen LogP contribution < -0.4 is 4.74 Å². The third kappa shape index (κ3) is 4.93. The molecule has 158 valence electrons. The molecule has 0 saturated carbocycles. The van der Waals surface area contributed by atoms with Crippen molar-refractivity contribution in [1.82, 2.24) is 9.80 Å². The van der Waals surface area contributed by atoms with E-state index in [1.807, 2.05) is 12.1 Å². The molecule has 4 heteroatoms. The number of carbonyl (C=O) groups is 1. The number of fused-ring (bicyclic) bond motifs is 1. The zero-order valence-corrected chi connectivity index (χ0v) is 18.1. The summed E-state index contributed by atoms with van der Waals surface area (Å²) in [5.41, 5.74) is 3.83. The van der Waals surface area contributed by atoms with Crippen LogP contribution in [0.1, 0.15) is 37.3 Å². The van der Waals surface area contributed by atoms with Crippen LogP contribution in [0.25, 0.3) is 6.08 Å². The molecule has 2 aliphatic heterocycles. The van der Waals surface area contributed by atoms with E-state index in [0.29, 0.717) is 30.8 Å². The van der Waals surface area contributed by atoms with Gasteiger partial charge in [0, 0.05) is 38.6 Å². The van der Waals surface area contributed by atoms with Crippen molar-refractivity contribution in [3.63, 3.8) is 0 Å². The fourth-order valence-electron chi connectivity index (χ4n) is 4.94. The number of piperidine rings is 2. The number of hydrogen-bond donors (Lipinski definition) is 0. The maximum absolute atomic E-state index is 12.7. The van der Waals surface area contributed by atoms with Crippen LogP contribution in [-0.4, -0.2) is 48.5 Å². The minimum atomic E-state index is 0.306. The second kappa shape index (κ2) is 9.48. The monoisotopic (exact) mass is 404 g/mol. The Bertz CT molecular complexity index is 876. The fourth-order valence-corrected chi connectivity index (χ4v) is 4.94. The van der Waals surface area contributed by atoms with E-state index >= 15 is 0 Å². The van der Waals surface area contributed by atoms with Gasteiger partial charge in [0.05, 0.1) is 7.11 Å². The average molecular weight is 405 g/mol. The van der Waals surface area contributed by atoms with Crippen LogP contribution in [0.2, 0.25) is 0 Å². The summed E-state index contributed by atoms with van der Waals surface area (Å²) in [6, 6.07) is 19.0. The van der Waals surface area contributed by atoms with Gasteiger partial charge < -0.3 is 9.64 Å². The molecule has 0 N–H and O–H groups in total. The molecule has 2 atom stereocenters. The number of rotatable bonds is 6. The molecule has 0 aliphatic carbocycles. The number of benzene rings is 2. The first-order chi connectivity index (χ1) is 14.6. The number of nitrogens with zero attached hydrogens (tertiary/aromatic N) is 2. The summed E-state index contributed by atoms with van der Waals surface area (Å²) in [5.74, 6) is 1.73. The van der Waals surface area contributed by atoms with Gasteiger partial charge in [-0.3, -0.25) is 9.69 Å². The van der Waals surface area contributed by atoms with E-state index in [1.54, 1.807) is 7.11 Å². The highest BCUT2D eigenvalue weighted by Crippen LogP contribution is 2.33. The van der Waals surface area contributed by atoms with Crippen LogP contribution >= 0.6 is 0 Å². The van der Waals surface area contributed by atoms with Crippen molar-refractivity contribution in [1.29, 1.82) is 0 Å². The van der Waals surface area contributed by atoms with Crippen LogP contribution in [0.15, 0.2) is 60.2 Å². The van der Waals surface area contributed by atoms with E-state index in [4.69, 9.17) is 4.74 Å². The summed E-state index contributed by atoms with van der Waals surface area (Å²) >= 11 is 0. The van der Waals surface area contributed by atoms with Crippen LogP contribution in [0, 0.1) is 5.92 Å². The first kappa shape index (κ1) is 20.7. The van der Waals surface area contributed by atoms with Crippen molar-refractivity contribution >= 4 is 12.0 Å². The standard InChI is InChI=1S/C26H32N2O2/c1-20(16-21-6-4-3-5-7-21)17-27-15-14-25-23(19-27)10-13-26(29)28(25)18-22-8-11-24(30-2)12-9-22/h3-9,11-12,16,23,25H,10,13-15,17-19H2,1-2H3/b20-16+/t23-,25+/m0/s1. The zero-order valence-electron chi connectivity index (χ0n) is 18.1. The number of ether oxygens (including phenoxy) is 1. The van der Waals surface area contributed by atoms with Crippen LogP contribution in [0.3, 0.4) is 0 Å². The molecule has 2 aliphatic rings. The van der Waals surface area contributed by atoms with Crippen molar-refractivity contribution in [2.24, 2.45) is 5.92 Å². The second-order valence-corrected chi connectivity index (χ2v) is 8.66. The van der Waals surface area contributed by atoms with Crippen LogP contribution in [-0.2, 0) is 11.3 Å². The lowest BCUT2D eigenvalue weighted by Crippen LogP contribution is -2.55. The third-order valence-electron chi connectivity index (χ3n) is 6.43. The van der Waals surface area contributed by atoms with Crippen molar-refractivity contribution in [3.05, 3.63) is 71.3 Å². The summed E-state index contributed by atoms with van der Waals surface area (Å²) in [6.07, 6.45) is 5.03. The third-order valence-corrected chi connectivity index (χ3v) is 6.43. The van der Waals surface area contributed by atoms with Crippen LogP contribution in [0.5, 0.6) is 5.75 Å². The van der Waals surface area contributed by atoms with E-state index in [2.05, 4.69) is 65.3 Å². The van der Waals surface area contributed by atoms with Gasteiger partial charge in [0.1, 0.15) is 5.75 Å². The average Bonchev–Trinajstić information content (AvgIpc) is 2.77. The summed E-state index contributed by atoms with van der Waals surface area (Å²) in [7, 11) is 1.68. The van der Waals surface area contributed by atoms with Crippen molar-refractivity contribution < 1.29 is 9.53 Å². The lowest BCUT2D eigenvalue weighted by molar-refractivity contribution is -0.141. The highest BCUT2D eigenvalue weighted by Gasteiger charge is 2.39. The number of amides is 1. The highest BCUT2D eigenvalue weighted by molar-refractivity contribution is 5.77. The van der Waals surface area contributed by atoms with E-state index in [1.165, 1.54) is 16.7 Å². The molecule has 4 nitrogen and oxygen atoms in total. The van der Waals surface area contributed by atoms with Crippen molar-refractivity contribution in [3.8, 4) is 5.75 Å². The van der Waals surface area contributed by atoms with Crippen molar-refractivity contribution in [2.45, 2.75) is 38.8 Å². The molecule has 0 unspecified atom stereocenters. The van der Waals surface area contributed by atoms with Gasteiger partial charge in [-0.05, 0) is 48.9 Å². The second-order valence-electron chi connectivity index (χ2n) is 8.66. The summed E-state index contributed by atoms with van der Waals surface area (Å²) < 4.78 is 5.26. The Morgan fingerprint density at radius 3 is 2.60 bits per heavy atom. The first-order valence-electron chi connectivity index (χ1n) is 11.0. The molecule has 2 aromatic rings. The number of likely N-dealkylation sites (tertiary alicyclic amines) is 2. The maximum atomic E-state index is 12.7. The molecule has 2 fully saturated rings. The van der Waals surface area contributed by atoms with E-state index in [-0.39, 0.29) is 0 Å². The Morgan fingerprint density at radius 1 is 1.10 bits per heavy atom. The van der Waals surface area contributed by atoms with E-state index < -0.39 is 0 Å². The molecule has 0 aromatic heterocycles. The Balaban J connectivity index is 1.38. The molecule has 4 rings (SSSR count). The normalized spacial score (nSPS) is 22.7. The van der Waals surface area contributed by atoms with Crippen molar-refractivity contribution in [2.75, 3.05) is 26.7 Å². The molecule has 2 aromatic carbocycles. The van der Waals surface area contributed by atoms with Gasteiger partial charge in [-0.2, -0.15) is 0 Å².